The lowest BCUT2D eigenvalue weighted by atomic mass is 10.1. The van der Waals surface area contributed by atoms with Gasteiger partial charge in [0.25, 0.3) is 0 Å². The number of pyridine rings is 1. The number of hydrogen-bond donors (Lipinski definition) is 0. The van der Waals surface area contributed by atoms with E-state index in [1.54, 1.807) is 0 Å². The van der Waals surface area contributed by atoms with Gasteiger partial charge in [-0.15, -0.1) is 11.3 Å². The molecular weight excluding hydrogens is 308 g/mol. The Hall–Kier alpha value is -2.58. The van der Waals surface area contributed by atoms with Crippen molar-refractivity contribution in [1.82, 2.24) is 4.40 Å². The standard InChI is InChI=1S/C18H14N2O2S/c19-9-15-13(10-20-7-2-1-3-16(15)20)11-22-18(21)17-14(6-8-23-17)12-4-5-12/h1-3,6-8,10,12H,4-5,11H2. The summed E-state index contributed by atoms with van der Waals surface area (Å²) in [5.41, 5.74) is 3.24. The molecule has 0 radical (unpaired) electrons. The van der Waals surface area contributed by atoms with Crippen LogP contribution in [0.3, 0.4) is 0 Å². The highest BCUT2D eigenvalue weighted by atomic mass is 32.1. The van der Waals surface area contributed by atoms with Crippen molar-refractivity contribution >= 4 is 22.8 Å². The molecule has 1 saturated carbocycles. The van der Waals surface area contributed by atoms with Crippen LogP contribution in [0.15, 0.2) is 42.0 Å². The minimum Gasteiger partial charge on any atom is -0.457 e. The van der Waals surface area contributed by atoms with Crippen molar-refractivity contribution in [2.24, 2.45) is 0 Å². The summed E-state index contributed by atoms with van der Waals surface area (Å²) >= 11 is 1.43. The highest BCUT2D eigenvalue weighted by Crippen LogP contribution is 2.43. The van der Waals surface area contributed by atoms with Gasteiger partial charge in [-0.3, -0.25) is 0 Å². The fourth-order valence-electron chi connectivity index (χ4n) is 2.83. The predicted octanol–water partition coefficient (Wildman–Crippen LogP) is 4.11. The summed E-state index contributed by atoms with van der Waals surface area (Å²) in [6.07, 6.45) is 6.03. The number of hydrogen-bond acceptors (Lipinski definition) is 4. The first kappa shape index (κ1) is 14.0. The first-order chi connectivity index (χ1) is 11.3. The summed E-state index contributed by atoms with van der Waals surface area (Å²) in [6.45, 7) is 0.116. The van der Waals surface area contributed by atoms with E-state index in [9.17, 15) is 10.1 Å². The molecule has 0 aromatic carbocycles. The normalized spacial score (nSPS) is 13.9. The van der Waals surface area contributed by atoms with Crippen molar-refractivity contribution in [3.8, 4) is 6.07 Å². The number of nitrogens with zero attached hydrogens (tertiary/aromatic N) is 2. The molecule has 0 unspecified atom stereocenters. The monoisotopic (exact) mass is 322 g/mol. The number of esters is 1. The highest BCUT2D eigenvalue weighted by Gasteiger charge is 2.29. The van der Waals surface area contributed by atoms with Gasteiger partial charge in [0.05, 0.1) is 11.1 Å². The number of carbonyl (C=O) groups is 1. The molecule has 23 heavy (non-hydrogen) atoms. The number of carbonyl (C=O) groups excluding carboxylic acids is 1. The van der Waals surface area contributed by atoms with Gasteiger partial charge in [0.2, 0.25) is 0 Å². The zero-order chi connectivity index (χ0) is 15.8. The lowest BCUT2D eigenvalue weighted by molar-refractivity contribution is 0.0477. The summed E-state index contributed by atoms with van der Waals surface area (Å²) in [4.78, 5) is 13.0. The van der Waals surface area contributed by atoms with Crippen LogP contribution in [-0.4, -0.2) is 10.4 Å². The number of thiophene rings is 1. The SMILES string of the molecule is N#Cc1c(COC(=O)c2sccc2C2CC2)cn2ccccc12. The Balaban J connectivity index is 1.56. The number of nitriles is 1. The molecule has 1 aliphatic rings. The van der Waals surface area contributed by atoms with Crippen LogP contribution in [0.4, 0.5) is 0 Å². The van der Waals surface area contributed by atoms with Crippen molar-refractivity contribution in [1.29, 1.82) is 5.26 Å². The van der Waals surface area contributed by atoms with Gasteiger partial charge in [-0.05, 0) is 47.9 Å². The molecule has 0 bridgehead atoms. The fourth-order valence-corrected chi connectivity index (χ4v) is 3.70. The van der Waals surface area contributed by atoms with Crippen LogP contribution in [0.5, 0.6) is 0 Å². The van der Waals surface area contributed by atoms with Crippen LogP contribution < -0.4 is 0 Å². The third-order valence-electron chi connectivity index (χ3n) is 4.13. The van der Waals surface area contributed by atoms with Gasteiger partial charge in [0.1, 0.15) is 17.6 Å². The molecule has 0 amide bonds. The predicted molar refractivity (Wildman–Crippen MR) is 87.5 cm³/mol. The molecule has 3 aromatic rings. The van der Waals surface area contributed by atoms with E-state index < -0.39 is 0 Å². The molecule has 4 nitrogen and oxygen atoms in total. The summed E-state index contributed by atoms with van der Waals surface area (Å²) in [5, 5.41) is 11.3. The maximum Gasteiger partial charge on any atom is 0.348 e. The second kappa shape index (κ2) is 5.56. The van der Waals surface area contributed by atoms with Gasteiger partial charge in [0, 0.05) is 18.0 Å². The zero-order valence-corrected chi connectivity index (χ0v) is 13.2. The summed E-state index contributed by atoms with van der Waals surface area (Å²) in [7, 11) is 0. The molecule has 0 aliphatic heterocycles. The molecule has 4 rings (SSSR count). The van der Waals surface area contributed by atoms with Gasteiger partial charge in [0.15, 0.2) is 0 Å². The van der Waals surface area contributed by atoms with E-state index in [0.29, 0.717) is 16.4 Å². The molecule has 3 heterocycles. The summed E-state index contributed by atoms with van der Waals surface area (Å²) in [5.74, 6) is 0.233. The molecule has 1 aliphatic carbocycles. The van der Waals surface area contributed by atoms with Gasteiger partial charge in [-0.1, -0.05) is 6.07 Å². The van der Waals surface area contributed by atoms with Crippen LogP contribution in [0.2, 0.25) is 0 Å². The Morgan fingerprint density at radius 2 is 2.26 bits per heavy atom. The number of fused-ring (bicyclic) bond motifs is 1. The Labute approximate surface area is 137 Å². The maximum absolute atomic E-state index is 12.3. The fraction of sp³-hybridized carbons (Fsp3) is 0.222. The van der Waals surface area contributed by atoms with Crippen LogP contribution >= 0.6 is 11.3 Å². The minimum absolute atomic E-state index is 0.116. The quantitative estimate of drug-likeness (QED) is 0.679. The molecule has 0 atom stereocenters. The van der Waals surface area contributed by atoms with E-state index in [2.05, 4.69) is 6.07 Å². The molecule has 0 saturated heterocycles. The molecule has 114 valence electrons. The van der Waals surface area contributed by atoms with Crippen LogP contribution in [0.1, 0.15) is 45.1 Å². The number of ether oxygens (including phenoxy) is 1. The first-order valence-corrected chi connectivity index (χ1v) is 8.39. The third-order valence-corrected chi connectivity index (χ3v) is 5.04. The van der Waals surface area contributed by atoms with Crippen LogP contribution in [0, 0.1) is 11.3 Å². The van der Waals surface area contributed by atoms with Gasteiger partial charge in [-0.2, -0.15) is 5.26 Å². The van der Waals surface area contributed by atoms with E-state index in [4.69, 9.17) is 4.74 Å². The van der Waals surface area contributed by atoms with Crippen molar-refractivity contribution in [3.63, 3.8) is 0 Å². The maximum atomic E-state index is 12.3. The number of aromatic nitrogens is 1. The van der Waals surface area contributed by atoms with Gasteiger partial charge < -0.3 is 9.14 Å². The first-order valence-electron chi connectivity index (χ1n) is 7.51. The highest BCUT2D eigenvalue weighted by molar-refractivity contribution is 7.12. The molecule has 0 N–H and O–H groups in total. The average Bonchev–Trinajstić information content (AvgIpc) is 3.19. The summed E-state index contributed by atoms with van der Waals surface area (Å²) in [6, 6.07) is 9.90. The largest absolute Gasteiger partial charge is 0.457 e. The lowest BCUT2D eigenvalue weighted by Crippen LogP contribution is -2.05. The Bertz CT molecular complexity index is 928. The Morgan fingerprint density at radius 3 is 3.04 bits per heavy atom. The van der Waals surface area contributed by atoms with Crippen LogP contribution in [0.25, 0.3) is 5.52 Å². The third kappa shape index (κ3) is 2.51. The topological polar surface area (TPSA) is 54.5 Å². The average molecular weight is 322 g/mol. The van der Waals surface area contributed by atoms with E-state index in [1.807, 2.05) is 46.4 Å². The van der Waals surface area contributed by atoms with Gasteiger partial charge >= 0.3 is 5.97 Å². The summed E-state index contributed by atoms with van der Waals surface area (Å²) < 4.78 is 7.35. The molecule has 1 fully saturated rings. The van der Waals surface area contributed by atoms with Crippen LogP contribution in [-0.2, 0) is 11.3 Å². The Kier molecular flexibility index (Phi) is 3.40. The van der Waals surface area contributed by atoms with Crippen molar-refractivity contribution in [2.45, 2.75) is 25.4 Å². The Morgan fingerprint density at radius 1 is 1.39 bits per heavy atom. The van der Waals surface area contributed by atoms with E-state index in [1.165, 1.54) is 11.3 Å². The molecule has 3 aromatic heterocycles. The molecular formula is C18H14N2O2S. The van der Waals surface area contributed by atoms with E-state index in [0.717, 1.165) is 29.5 Å². The zero-order valence-electron chi connectivity index (χ0n) is 12.4. The molecule has 5 heteroatoms. The second-order valence-corrected chi connectivity index (χ2v) is 6.61. The minimum atomic E-state index is -0.291. The van der Waals surface area contributed by atoms with Gasteiger partial charge in [-0.25, -0.2) is 4.79 Å². The number of rotatable bonds is 4. The van der Waals surface area contributed by atoms with Crippen molar-refractivity contribution in [3.05, 3.63) is 63.6 Å². The van der Waals surface area contributed by atoms with E-state index in [-0.39, 0.29) is 12.6 Å². The van der Waals surface area contributed by atoms with E-state index >= 15 is 0 Å². The lowest BCUT2D eigenvalue weighted by Gasteiger charge is -2.04. The smallest absolute Gasteiger partial charge is 0.348 e. The molecule has 0 spiro atoms. The second-order valence-electron chi connectivity index (χ2n) is 5.69. The van der Waals surface area contributed by atoms with Crippen molar-refractivity contribution < 1.29 is 9.53 Å². The van der Waals surface area contributed by atoms with Crippen molar-refractivity contribution in [2.75, 3.05) is 0 Å².